The molecule has 0 aliphatic carbocycles. The van der Waals surface area contributed by atoms with Gasteiger partial charge in [0.15, 0.2) is 0 Å². The van der Waals surface area contributed by atoms with Crippen molar-refractivity contribution in [1.29, 1.82) is 0 Å². The number of carbonyl (C=O) groups is 1. The normalized spacial score (nSPS) is 21.0. The first-order valence-electron chi connectivity index (χ1n) is 12.2. The standard InChI is InChI=1S/C26H30FN3O6S/c1-16-20-12-21-23(36-25(24(21)26(31)28-2)17-4-6-18(27)7-5-17)13-22(20)30(37(3,32)33)15-19(35-16)14-29-8-10-34-11-9-29/h4-7,12-13,16,19H,8-11,14-15H2,1-3H3,(H,28,31). The van der Waals surface area contributed by atoms with Crippen molar-refractivity contribution in [3.05, 3.63) is 53.3 Å². The zero-order valence-electron chi connectivity index (χ0n) is 21.0. The summed E-state index contributed by atoms with van der Waals surface area (Å²) in [5.41, 5.74) is 2.26. The Balaban J connectivity index is 1.63. The number of morpholine rings is 1. The van der Waals surface area contributed by atoms with Gasteiger partial charge in [-0.05, 0) is 37.3 Å². The summed E-state index contributed by atoms with van der Waals surface area (Å²) in [6.45, 7) is 5.38. The SMILES string of the molecule is CNC(=O)c1c(-c2ccc(F)cc2)oc2cc3c(cc12)C(C)OC(CN1CCOCC1)CN3S(C)(=O)=O. The van der Waals surface area contributed by atoms with Crippen LogP contribution in [0.1, 0.15) is 28.9 Å². The molecular weight excluding hydrogens is 501 g/mol. The van der Waals surface area contributed by atoms with Crippen molar-refractivity contribution in [2.24, 2.45) is 0 Å². The number of fused-ring (bicyclic) bond motifs is 2. The minimum atomic E-state index is -3.66. The highest BCUT2D eigenvalue weighted by molar-refractivity contribution is 7.92. The average Bonchev–Trinajstić information content (AvgIpc) is 3.18. The number of amides is 1. The second-order valence-corrected chi connectivity index (χ2v) is 11.3. The van der Waals surface area contributed by atoms with Gasteiger partial charge in [-0.15, -0.1) is 0 Å². The third-order valence-electron chi connectivity index (χ3n) is 6.84. The smallest absolute Gasteiger partial charge is 0.255 e. The second kappa shape index (κ2) is 10.1. The summed E-state index contributed by atoms with van der Waals surface area (Å²) in [7, 11) is -2.14. The third-order valence-corrected chi connectivity index (χ3v) is 7.98. The maximum Gasteiger partial charge on any atom is 0.255 e. The Kier molecular flexibility index (Phi) is 6.97. The predicted octanol–water partition coefficient (Wildman–Crippen LogP) is 3.16. The average molecular weight is 532 g/mol. The molecule has 198 valence electrons. The molecule has 2 atom stereocenters. The number of furan rings is 1. The zero-order valence-corrected chi connectivity index (χ0v) is 21.8. The Morgan fingerprint density at radius 2 is 1.86 bits per heavy atom. The summed E-state index contributed by atoms with van der Waals surface area (Å²) in [5.74, 6) is -0.501. The summed E-state index contributed by atoms with van der Waals surface area (Å²) in [5, 5.41) is 3.17. The predicted molar refractivity (Wildman–Crippen MR) is 138 cm³/mol. The van der Waals surface area contributed by atoms with Crippen LogP contribution in [-0.2, 0) is 19.5 Å². The molecular formula is C26H30FN3O6S. The van der Waals surface area contributed by atoms with Crippen molar-refractivity contribution in [2.45, 2.75) is 19.1 Å². The summed E-state index contributed by atoms with van der Waals surface area (Å²) >= 11 is 0. The number of hydrogen-bond acceptors (Lipinski definition) is 7. The van der Waals surface area contributed by atoms with Gasteiger partial charge in [-0.25, -0.2) is 12.8 Å². The molecule has 5 rings (SSSR count). The first-order chi connectivity index (χ1) is 17.7. The van der Waals surface area contributed by atoms with E-state index in [2.05, 4.69) is 10.2 Å². The second-order valence-electron chi connectivity index (χ2n) is 9.41. The summed E-state index contributed by atoms with van der Waals surface area (Å²) in [4.78, 5) is 15.2. The molecule has 9 nitrogen and oxygen atoms in total. The van der Waals surface area contributed by atoms with Crippen molar-refractivity contribution < 1.29 is 31.5 Å². The molecule has 37 heavy (non-hydrogen) atoms. The number of hydrogen-bond donors (Lipinski definition) is 1. The molecule has 0 radical (unpaired) electrons. The van der Waals surface area contributed by atoms with Crippen molar-refractivity contribution in [1.82, 2.24) is 10.2 Å². The molecule has 0 spiro atoms. The molecule has 1 amide bonds. The first kappa shape index (κ1) is 25.7. The molecule has 0 saturated carbocycles. The van der Waals surface area contributed by atoms with E-state index in [1.165, 1.54) is 41.9 Å². The van der Waals surface area contributed by atoms with E-state index < -0.39 is 21.9 Å². The van der Waals surface area contributed by atoms with Crippen LogP contribution in [0.3, 0.4) is 0 Å². The van der Waals surface area contributed by atoms with Gasteiger partial charge in [-0.2, -0.15) is 0 Å². The van der Waals surface area contributed by atoms with E-state index in [0.29, 0.717) is 53.1 Å². The molecule has 2 unspecified atom stereocenters. The highest BCUT2D eigenvalue weighted by Gasteiger charge is 2.34. The Morgan fingerprint density at radius 1 is 1.16 bits per heavy atom. The number of benzene rings is 2. The van der Waals surface area contributed by atoms with Gasteiger partial charge in [-0.1, -0.05) is 0 Å². The van der Waals surface area contributed by atoms with Gasteiger partial charge in [0.2, 0.25) is 10.0 Å². The Labute approximate surface area is 215 Å². The number of carbonyl (C=O) groups excluding carboxylic acids is 1. The molecule has 1 fully saturated rings. The van der Waals surface area contributed by atoms with Gasteiger partial charge < -0.3 is 19.2 Å². The minimum Gasteiger partial charge on any atom is -0.455 e. The summed E-state index contributed by atoms with van der Waals surface area (Å²) < 4.78 is 58.8. The molecule has 0 bridgehead atoms. The van der Waals surface area contributed by atoms with Crippen LogP contribution in [0.5, 0.6) is 0 Å². The van der Waals surface area contributed by atoms with Crippen LogP contribution < -0.4 is 9.62 Å². The van der Waals surface area contributed by atoms with E-state index in [4.69, 9.17) is 13.9 Å². The third kappa shape index (κ3) is 5.08. The fourth-order valence-corrected chi connectivity index (χ4v) is 5.97. The topological polar surface area (TPSA) is 101 Å². The zero-order chi connectivity index (χ0) is 26.3. The molecule has 1 saturated heterocycles. The fourth-order valence-electron chi connectivity index (χ4n) is 5.02. The Hall–Kier alpha value is -2.99. The Bertz CT molecular complexity index is 1420. The molecule has 2 aliphatic heterocycles. The van der Waals surface area contributed by atoms with Crippen molar-refractivity contribution in [2.75, 3.05) is 57.0 Å². The van der Waals surface area contributed by atoms with Crippen molar-refractivity contribution >= 4 is 32.6 Å². The maximum absolute atomic E-state index is 13.6. The van der Waals surface area contributed by atoms with Crippen LogP contribution in [0.15, 0.2) is 40.8 Å². The number of rotatable bonds is 5. The lowest BCUT2D eigenvalue weighted by Crippen LogP contribution is -2.46. The number of ether oxygens (including phenoxy) is 2. The lowest BCUT2D eigenvalue weighted by Gasteiger charge is -2.32. The first-order valence-corrected chi connectivity index (χ1v) is 14.0. The van der Waals surface area contributed by atoms with Crippen LogP contribution in [-0.4, -0.2) is 78.0 Å². The number of halogens is 1. The molecule has 3 heterocycles. The van der Waals surface area contributed by atoms with Crippen LogP contribution in [0.4, 0.5) is 10.1 Å². The van der Waals surface area contributed by atoms with E-state index in [0.717, 1.165) is 13.1 Å². The van der Waals surface area contributed by atoms with E-state index in [1.54, 1.807) is 12.1 Å². The van der Waals surface area contributed by atoms with Crippen molar-refractivity contribution in [3.63, 3.8) is 0 Å². The summed E-state index contributed by atoms with van der Waals surface area (Å²) in [6.07, 6.45) is 0.360. The van der Waals surface area contributed by atoms with Crippen LogP contribution >= 0.6 is 0 Å². The largest absolute Gasteiger partial charge is 0.455 e. The fraction of sp³-hybridized carbons (Fsp3) is 0.423. The van der Waals surface area contributed by atoms with Crippen molar-refractivity contribution in [3.8, 4) is 11.3 Å². The van der Waals surface area contributed by atoms with E-state index in [9.17, 15) is 17.6 Å². The molecule has 1 N–H and O–H groups in total. The number of nitrogens with zero attached hydrogens (tertiary/aromatic N) is 2. The lowest BCUT2D eigenvalue weighted by molar-refractivity contribution is -0.0335. The molecule has 1 aromatic heterocycles. The monoisotopic (exact) mass is 531 g/mol. The van der Waals surface area contributed by atoms with Gasteiger partial charge in [0.1, 0.15) is 17.2 Å². The van der Waals surface area contributed by atoms with E-state index >= 15 is 0 Å². The summed E-state index contributed by atoms with van der Waals surface area (Å²) in [6, 6.07) is 9.08. The van der Waals surface area contributed by atoms with Crippen LogP contribution in [0.25, 0.3) is 22.3 Å². The van der Waals surface area contributed by atoms with E-state index in [1.807, 2.05) is 6.92 Å². The lowest BCUT2D eigenvalue weighted by atomic mass is 10.0. The molecule has 3 aromatic rings. The van der Waals surface area contributed by atoms with E-state index in [-0.39, 0.29) is 24.3 Å². The highest BCUT2D eigenvalue weighted by atomic mass is 32.2. The molecule has 11 heteroatoms. The van der Waals surface area contributed by atoms with Gasteiger partial charge >= 0.3 is 0 Å². The molecule has 2 aliphatic rings. The van der Waals surface area contributed by atoms with Gasteiger partial charge in [0.25, 0.3) is 5.91 Å². The highest BCUT2D eigenvalue weighted by Crippen LogP contribution is 2.42. The minimum absolute atomic E-state index is 0.146. The molecule has 2 aromatic carbocycles. The quantitative estimate of drug-likeness (QED) is 0.540. The maximum atomic E-state index is 13.6. The van der Waals surface area contributed by atoms with Crippen LogP contribution in [0.2, 0.25) is 0 Å². The number of nitrogens with one attached hydrogen (secondary N) is 1. The van der Waals surface area contributed by atoms with Crippen LogP contribution in [0, 0.1) is 5.82 Å². The Morgan fingerprint density at radius 3 is 2.51 bits per heavy atom. The van der Waals surface area contributed by atoms with Gasteiger partial charge in [0.05, 0.1) is 49.5 Å². The van der Waals surface area contributed by atoms with Gasteiger partial charge in [-0.3, -0.25) is 14.0 Å². The van der Waals surface area contributed by atoms with Gasteiger partial charge in [0, 0.05) is 49.3 Å². The number of anilines is 1. The number of sulfonamides is 1.